The summed E-state index contributed by atoms with van der Waals surface area (Å²) < 4.78 is 31.0. The number of nitrogens with zero attached hydrogens (tertiary/aromatic N) is 1. The molecular formula is C15H16BrF2NO2S. The first kappa shape index (κ1) is 17.3. The van der Waals surface area contributed by atoms with Crippen LogP contribution in [0.3, 0.4) is 0 Å². The summed E-state index contributed by atoms with van der Waals surface area (Å²) in [6.45, 7) is -0.600. The Morgan fingerprint density at radius 2 is 2.09 bits per heavy atom. The molecule has 0 radical (unpaired) electrons. The topological polar surface area (TPSA) is 29.5 Å². The first-order chi connectivity index (χ1) is 10.5. The van der Waals surface area contributed by atoms with Crippen LogP contribution in [0.2, 0.25) is 0 Å². The molecule has 0 saturated heterocycles. The van der Waals surface area contributed by atoms with E-state index in [2.05, 4.69) is 15.9 Å². The molecule has 0 N–H and O–H groups in total. The van der Waals surface area contributed by atoms with Crippen molar-refractivity contribution >= 4 is 39.3 Å². The van der Waals surface area contributed by atoms with Gasteiger partial charge in [-0.1, -0.05) is 22.0 Å². The fourth-order valence-electron chi connectivity index (χ4n) is 2.16. The number of carbonyl (C=O) groups is 1. The lowest BCUT2D eigenvalue weighted by Crippen LogP contribution is -2.40. The van der Waals surface area contributed by atoms with Crippen molar-refractivity contribution in [2.45, 2.75) is 17.7 Å². The van der Waals surface area contributed by atoms with Crippen molar-refractivity contribution in [3.05, 3.63) is 35.9 Å². The quantitative estimate of drug-likeness (QED) is 0.542. The minimum Gasteiger partial charge on any atom is -0.483 e. The van der Waals surface area contributed by atoms with Crippen LogP contribution in [0.4, 0.5) is 8.78 Å². The van der Waals surface area contributed by atoms with Crippen molar-refractivity contribution < 1.29 is 18.3 Å². The number of rotatable bonds is 6. The number of allylic oxidation sites excluding steroid dienone is 1. The number of benzene rings is 1. The molecule has 22 heavy (non-hydrogen) atoms. The third-order valence-electron chi connectivity index (χ3n) is 3.16. The number of amides is 1. The Morgan fingerprint density at radius 1 is 1.41 bits per heavy atom. The molecule has 0 aliphatic carbocycles. The van der Waals surface area contributed by atoms with Gasteiger partial charge in [-0.3, -0.25) is 4.79 Å². The Labute approximate surface area is 140 Å². The van der Waals surface area contributed by atoms with Crippen LogP contribution in [0.15, 0.2) is 30.3 Å². The highest BCUT2D eigenvalue weighted by atomic mass is 79.9. The fraction of sp³-hybridized carbons (Fsp3) is 0.400. The van der Waals surface area contributed by atoms with Crippen LogP contribution in [0.5, 0.6) is 5.75 Å². The summed E-state index contributed by atoms with van der Waals surface area (Å²) in [4.78, 5) is 12.8. The number of carbonyl (C=O) groups excluding carboxylic acids is 1. The van der Waals surface area contributed by atoms with E-state index in [1.54, 1.807) is 42.1 Å². The van der Waals surface area contributed by atoms with E-state index in [4.69, 9.17) is 4.74 Å². The predicted molar refractivity (Wildman–Crippen MR) is 88.5 cm³/mol. The van der Waals surface area contributed by atoms with Gasteiger partial charge in [0.2, 0.25) is 5.91 Å². The summed E-state index contributed by atoms with van der Waals surface area (Å²) in [5.74, 6) is 0.920. The molecule has 1 aliphatic heterocycles. The van der Waals surface area contributed by atoms with Gasteiger partial charge in [-0.25, -0.2) is 8.78 Å². The summed E-state index contributed by atoms with van der Waals surface area (Å²) in [6, 6.07) is 7.11. The highest BCUT2D eigenvalue weighted by Crippen LogP contribution is 2.30. The van der Waals surface area contributed by atoms with Crippen molar-refractivity contribution in [1.82, 2.24) is 4.90 Å². The highest BCUT2D eigenvalue weighted by molar-refractivity contribution is 9.10. The van der Waals surface area contributed by atoms with Crippen molar-refractivity contribution in [3.8, 4) is 5.75 Å². The third kappa shape index (κ3) is 4.23. The van der Waals surface area contributed by atoms with Gasteiger partial charge in [-0.05, 0) is 42.5 Å². The summed E-state index contributed by atoms with van der Waals surface area (Å²) in [6.07, 6.45) is 1.65. The van der Waals surface area contributed by atoms with Crippen LogP contribution in [0.1, 0.15) is 12.0 Å². The van der Waals surface area contributed by atoms with Crippen LogP contribution >= 0.6 is 27.7 Å². The average Bonchev–Trinajstić information content (AvgIpc) is 2.50. The Kier molecular flexibility index (Phi) is 6.26. The monoisotopic (exact) mass is 391 g/mol. The lowest BCUT2D eigenvalue weighted by molar-refractivity contribution is -0.129. The van der Waals surface area contributed by atoms with E-state index in [1.165, 1.54) is 0 Å². The maximum atomic E-state index is 12.8. The number of hydrogen-bond acceptors (Lipinski definition) is 3. The van der Waals surface area contributed by atoms with Crippen molar-refractivity contribution in [2.24, 2.45) is 0 Å². The van der Waals surface area contributed by atoms with Gasteiger partial charge < -0.3 is 9.64 Å². The molecule has 1 aliphatic rings. The van der Waals surface area contributed by atoms with Crippen LogP contribution in [0.25, 0.3) is 5.70 Å². The molecule has 1 amide bonds. The summed E-state index contributed by atoms with van der Waals surface area (Å²) in [5.41, 5.74) is 1.25. The Hall–Kier alpha value is -1.08. The van der Waals surface area contributed by atoms with Gasteiger partial charge in [0, 0.05) is 5.70 Å². The molecule has 1 heterocycles. The standard InChI is InChI=1S/C15H16BrF2NO2S/c1-22-9-21-11-4-2-10(3-5-11)13-7-6-12(16)15(20)19(13)8-14(17)18/h2-5,7,12,14H,6,8-9H2,1H3. The second kappa shape index (κ2) is 7.97. The summed E-state index contributed by atoms with van der Waals surface area (Å²) in [7, 11) is 0. The van der Waals surface area contributed by atoms with E-state index in [1.807, 2.05) is 6.26 Å². The fourth-order valence-corrected chi connectivity index (χ4v) is 2.85. The number of ether oxygens (including phenoxy) is 1. The molecule has 0 saturated carbocycles. The first-order valence-electron chi connectivity index (χ1n) is 6.69. The van der Waals surface area contributed by atoms with Gasteiger partial charge in [0.1, 0.15) is 11.7 Å². The molecule has 0 spiro atoms. The highest BCUT2D eigenvalue weighted by Gasteiger charge is 2.31. The second-order valence-electron chi connectivity index (χ2n) is 4.71. The second-order valence-corrected chi connectivity index (χ2v) is 6.63. The molecule has 1 aromatic rings. The van der Waals surface area contributed by atoms with E-state index in [-0.39, 0.29) is 5.91 Å². The molecule has 0 fully saturated rings. The first-order valence-corrected chi connectivity index (χ1v) is 8.99. The predicted octanol–water partition coefficient (Wildman–Crippen LogP) is 3.99. The molecule has 120 valence electrons. The van der Waals surface area contributed by atoms with Crippen LogP contribution in [-0.4, -0.2) is 40.8 Å². The van der Waals surface area contributed by atoms with Gasteiger partial charge >= 0.3 is 0 Å². The number of alkyl halides is 3. The molecule has 3 nitrogen and oxygen atoms in total. The molecule has 2 rings (SSSR count). The van der Waals surface area contributed by atoms with Gasteiger partial charge in [0.15, 0.2) is 0 Å². The zero-order chi connectivity index (χ0) is 16.1. The maximum absolute atomic E-state index is 12.8. The van der Waals surface area contributed by atoms with Gasteiger partial charge in [0.25, 0.3) is 6.43 Å². The molecule has 1 aromatic carbocycles. The van der Waals surface area contributed by atoms with Crippen LogP contribution in [-0.2, 0) is 4.79 Å². The molecule has 1 unspecified atom stereocenters. The van der Waals surface area contributed by atoms with E-state index in [0.717, 1.165) is 10.5 Å². The molecule has 0 bridgehead atoms. The zero-order valence-corrected chi connectivity index (χ0v) is 14.4. The average molecular weight is 392 g/mol. The molecular weight excluding hydrogens is 376 g/mol. The van der Waals surface area contributed by atoms with E-state index in [9.17, 15) is 13.6 Å². The normalized spacial score (nSPS) is 18.6. The third-order valence-corrected chi connectivity index (χ3v) is 4.28. The largest absolute Gasteiger partial charge is 0.483 e. The number of halogens is 3. The van der Waals surface area contributed by atoms with Gasteiger partial charge in [0.05, 0.1) is 11.4 Å². The van der Waals surface area contributed by atoms with E-state index in [0.29, 0.717) is 23.8 Å². The van der Waals surface area contributed by atoms with Crippen molar-refractivity contribution in [2.75, 3.05) is 18.7 Å². The number of thioether (sulfide) groups is 1. The Morgan fingerprint density at radius 3 is 2.68 bits per heavy atom. The van der Waals surface area contributed by atoms with Gasteiger partial charge in [-0.15, -0.1) is 11.8 Å². The zero-order valence-electron chi connectivity index (χ0n) is 12.0. The Bertz CT molecular complexity index is 551. The van der Waals surface area contributed by atoms with Crippen LogP contribution < -0.4 is 4.74 Å². The summed E-state index contributed by atoms with van der Waals surface area (Å²) in [5, 5.41) is 0. The number of hydrogen-bond donors (Lipinski definition) is 0. The Balaban J connectivity index is 2.22. The van der Waals surface area contributed by atoms with Crippen molar-refractivity contribution in [1.29, 1.82) is 0 Å². The molecule has 7 heteroatoms. The lowest BCUT2D eigenvalue weighted by atomic mass is 10.0. The molecule has 1 atom stereocenters. The molecule has 0 aromatic heterocycles. The van der Waals surface area contributed by atoms with E-state index < -0.39 is 17.8 Å². The SMILES string of the molecule is CSCOc1ccc(C2=CCC(Br)C(=O)N2CC(F)F)cc1. The minimum atomic E-state index is -2.57. The minimum absolute atomic E-state index is 0.333. The smallest absolute Gasteiger partial charge is 0.256 e. The lowest BCUT2D eigenvalue weighted by Gasteiger charge is -2.31. The maximum Gasteiger partial charge on any atom is 0.256 e. The van der Waals surface area contributed by atoms with E-state index >= 15 is 0 Å². The van der Waals surface area contributed by atoms with Gasteiger partial charge in [-0.2, -0.15) is 0 Å². The summed E-state index contributed by atoms with van der Waals surface area (Å²) >= 11 is 4.78. The van der Waals surface area contributed by atoms with Crippen molar-refractivity contribution in [3.63, 3.8) is 0 Å². The van der Waals surface area contributed by atoms with Crippen LogP contribution in [0, 0.1) is 0 Å².